The number of ether oxygens (including phenoxy) is 2. The molecule has 3 aliphatic rings. The van der Waals surface area contributed by atoms with Crippen molar-refractivity contribution in [3.05, 3.63) is 83.7 Å². The van der Waals surface area contributed by atoms with Gasteiger partial charge in [-0.05, 0) is 54.8 Å². The Kier molecular flexibility index (Phi) is 6.90. The third-order valence-electron chi connectivity index (χ3n) is 7.98. The van der Waals surface area contributed by atoms with E-state index >= 15 is 0 Å². The van der Waals surface area contributed by atoms with E-state index in [9.17, 15) is 23.6 Å². The lowest BCUT2D eigenvalue weighted by molar-refractivity contribution is -0.148. The van der Waals surface area contributed by atoms with Crippen LogP contribution in [0.2, 0.25) is 0 Å². The molecular formula is C31H28FN3O6. The topological polar surface area (TPSA) is 105 Å². The monoisotopic (exact) mass is 557 g/mol. The third kappa shape index (κ3) is 4.90. The van der Waals surface area contributed by atoms with Crippen molar-refractivity contribution < 1.29 is 33.0 Å². The fourth-order valence-electron chi connectivity index (χ4n) is 5.85. The number of carbonyl (C=O) groups excluding carboxylic acids is 4. The lowest BCUT2D eigenvalue weighted by atomic mass is 9.78. The van der Waals surface area contributed by atoms with Crippen LogP contribution in [0.25, 0.3) is 0 Å². The summed E-state index contributed by atoms with van der Waals surface area (Å²) in [5.41, 5.74) is 0.479. The van der Waals surface area contributed by atoms with E-state index in [1.165, 1.54) is 21.9 Å². The van der Waals surface area contributed by atoms with Gasteiger partial charge in [-0.2, -0.15) is 0 Å². The third-order valence-corrected chi connectivity index (χ3v) is 7.98. The minimum atomic E-state index is -1.24. The first-order valence-electron chi connectivity index (χ1n) is 13.6. The number of para-hydroxylation sites is 1. The summed E-state index contributed by atoms with van der Waals surface area (Å²) in [4.78, 5) is 56.5. The number of nitrogens with zero attached hydrogens (tertiary/aromatic N) is 2. The largest absolute Gasteiger partial charge is 0.454 e. The number of ketones is 1. The molecule has 0 atom stereocenters. The van der Waals surface area contributed by atoms with Crippen LogP contribution in [0.5, 0.6) is 11.5 Å². The Morgan fingerprint density at radius 2 is 1.66 bits per heavy atom. The Morgan fingerprint density at radius 1 is 0.927 bits per heavy atom. The van der Waals surface area contributed by atoms with Gasteiger partial charge in [0, 0.05) is 18.3 Å². The summed E-state index contributed by atoms with van der Waals surface area (Å²) in [6, 6.07) is 17.4. The van der Waals surface area contributed by atoms with Crippen LogP contribution in [0, 0.1) is 5.82 Å². The molecule has 1 N–H and O–H groups in total. The molecule has 3 aromatic rings. The first-order valence-corrected chi connectivity index (χ1v) is 13.6. The van der Waals surface area contributed by atoms with E-state index in [4.69, 9.17) is 9.47 Å². The smallest absolute Gasteiger partial charge is 0.299 e. The van der Waals surface area contributed by atoms with Crippen LogP contribution in [-0.2, 0) is 20.9 Å². The summed E-state index contributed by atoms with van der Waals surface area (Å²) in [7, 11) is 0. The summed E-state index contributed by atoms with van der Waals surface area (Å²) < 4.78 is 24.6. The molecule has 3 amide bonds. The average molecular weight is 558 g/mol. The molecule has 0 radical (unpaired) electrons. The first kappa shape index (κ1) is 26.5. The van der Waals surface area contributed by atoms with Crippen molar-refractivity contribution in [3.8, 4) is 11.5 Å². The molecule has 6 rings (SSSR count). The van der Waals surface area contributed by atoms with Crippen molar-refractivity contribution in [2.45, 2.75) is 44.2 Å². The standard InChI is InChI=1S/C31H28FN3O6/c32-21-10-8-20(9-11-21)17-35(27(36)18-34-24-7-3-2-6-23(24)28(37)29(34)38)31(14-4-1-5-15-31)30(39)33-22-12-13-25-26(16-22)41-19-40-25/h2-3,6-13,16H,1,4-5,14-15,17-19H2,(H,33,39). The number of halogens is 1. The molecule has 9 nitrogen and oxygen atoms in total. The lowest BCUT2D eigenvalue weighted by Gasteiger charge is -2.45. The van der Waals surface area contributed by atoms with Gasteiger partial charge in [-0.1, -0.05) is 43.5 Å². The molecular weight excluding hydrogens is 529 g/mol. The second kappa shape index (κ2) is 10.7. The predicted octanol–water partition coefficient (Wildman–Crippen LogP) is 4.45. The Labute approximate surface area is 235 Å². The number of Topliss-reactive ketones (excluding diaryl/α,β-unsaturated/α-hetero) is 1. The quantitative estimate of drug-likeness (QED) is 0.431. The first-order chi connectivity index (χ1) is 19.9. The molecule has 1 saturated carbocycles. The van der Waals surface area contributed by atoms with Gasteiger partial charge in [-0.25, -0.2) is 4.39 Å². The van der Waals surface area contributed by atoms with Gasteiger partial charge in [-0.15, -0.1) is 0 Å². The lowest BCUT2D eigenvalue weighted by Crippen LogP contribution is -2.61. The van der Waals surface area contributed by atoms with Gasteiger partial charge >= 0.3 is 0 Å². The molecule has 0 aromatic heterocycles. The zero-order valence-electron chi connectivity index (χ0n) is 22.2. The normalized spacial score (nSPS) is 16.9. The summed E-state index contributed by atoms with van der Waals surface area (Å²) in [6.45, 7) is -0.301. The van der Waals surface area contributed by atoms with E-state index in [0.717, 1.165) is 6.42 Å². The maximum Gasteiger partial charge on any atom is 0.299 e. The summed E-state index contributed by atoms with van der Waals surface area (Å²) in [6.07, 6.45) is 3.14. The Bertz CT molecular complexity index is 1530. The van der Waals surface area contributed by atoms with E-state index in [0.29, 0.717) is 54.1 Å². The maximum absolute atomic E-state index is 14.2. The van der Waals surface area contributed by atoms with Gasteiger partial charge < -0.3 is 19.7 Å². The number of amides is 3. The molecule has 210 valence electrons. The number of carbonyl (C=O) groups is 4. The summed E-state index contributed by atoms with van der Waals surface area (Å²) in [5, 5.41) is 2.97. The molecule has 2 heterocycles. The fraction of sp³-hybridized carbons (Fsp3) is 0.290. The molecule has 2 aliphatic heterocycles. The van der Waals surface area contributed by atoms with Crippen molar-refractivity contribution >= 4 is 34.9 Å². The fourth-order valence-corrected chi connectivity index (χ4v) is 5.85. The average Bonchev–Trinajstić information content (AvgIpc) is 3.55. The van der Waals surface area contributed by atoms with E-state index in [-0.39, 0.29) is 24.8 Å². The van der Waals surface area contributed by atoms with Crippen LogP contribution in [0.3, 0.4) is 0 Å². The summed E-state index contributed by atoms with van der Waals surface area (Å²) in [5.74, 6) is -1.65. The van der Waals surface area contributed by atoms with Crippen LogP contribution in [0.4, 0.5) is 15.8 Å². The Hall–Kier alpha value is -4.73. The van der Waals surface area contributed by atoms with Crippen LogP contribution in [0.15, 0.2) is 66.7 Å². The number of hydrogen-bond donors (Lipinski definition) is 1. The highest BCUT2D eigenvalue weighted by Crippen LogP contribution is 2.39. The molecule has 0 bridgehead atoms. The van der Waals surface area contributed by atoms with Crippen molar-refractivity contribution in [1.29, 1.82) is 0 Å². The highest BCUT2D eigenvalue weighted by atomic mass is 19.1. The van der Waals surface area contributed by atoms with Gasteiger partial charge in [0.25, 0.3) is 11.7 Å². The molecule has 0 spiro atoms. The number of nitrogens with one attached hydrogen (secondary N) is 1. The number of anilines is 2. The zero-order chi connectivity index (χ0) is 28.6. The van der Waals surface area contributed by atoms with Gasteiger partial charge in [0.2, 0.25) is 18.6 Å². The molecule has 0 saturated heterocycles. The number of fused-ring (bicyclic) bond motifs is 2. The Balaban J connectivity index is 1.35. The molecule has 41 heavy (non-hydrogen) atoms. The maximum atomic E-state index is 14.2. The second-order valence-corrected chi connectivity index (χ2v) is 10.5. The molecule has 0 unspecified atom stereocenters. The highest BCUT2D eigenvalue weighted by Gasteiger charge is 2.48. The molecule has 10 heteroatoms. The van der Waals surface area contributed by atoms with Crippen LogP contribution >= 0.6 is 0 Å². The van der Waals surface area contributed by atoms with Crippen LogP contribution < -0.4 is 19.7 Å². The molecule has 3 aromatic carbocycles. The van der Waals surface area contributed by atoms with E-state index in [1.54, 1.807) is 54.6 Å². The molecule has 1 fully saturated rings. The highest BCUT2D eigenvalue weighted by molar-refractivity contribution is 6.52. The van der Waals surface area contributed by atoms with Crippen molar-refractivity contribution in [2.24, 2.45) is 0 Å². The van der Waals surface area contributed by atoms with E-state index in [2.05, 4.69) is 5.32 Å². The van der Waals surface area contributed by atoms with Crippen molar-refractivity contribution in [1.82, 2.24) is 4.90 Å². The molecule has 1 aliphatic carbocycles. The van der Waals surface area contributed by atoms with Crippen LogP contribution in [0.1, 0.15) is 48.0 Å². The van der Waals surface area contributed by atoms with Gasteiger partial charge in [-0.3, -0.25) is 24.1 Å². The minimum Gasteiger partial charge on any atom is -0.454 e. The zero-order valence-corrected chi connectivity index (χ0v) is 22.2. The van der Waals surface area contributed by atoms with E-state index in [1.807, 2.05) is 0 Å². The number of rotatable bonds is 7. The SMILES string of the molecule is O=C1C(=O)N(CC(=O)N(Cc2ccc(F)cc2)C2(C(=O)Nc3ccc4c(c3)OCO4)CCCCC2)c2ccccc21. The van der Waals surface area contributed by atoms with Crippen molar-refractivity contribution in [2.75, 3.05) is 23.6 Å². The number of benzene rings is 3. The second-order valence-electron chi connectivity index (χ2n) is 10.5. The van der Waals surface area contributed by atoms with Gasteiger partial charge in [0.1, 0.15) is 17.9 Å². The minimum absolute atomic E-state index is 0.0191. The Morgan fingerprint density at radius 3 is 2.44 bits per heavy atom. The van der Waals surface area contributed by atoms with Gasteiger partial charge in [0.05, 0.1) is 11.3 Å². The predicted molar refractivity (Wildman–Crippen MR) is 147 cm³/mol. The summed E-state index contributed by atoms with van der Waals surface area (Å²) >= 11 is 0. The van der Waals surface area contributed by atoms with Crippen LogP contribution in [-0.4, -0.2) is 47.3 Å². The van der Waals surface area contributed by atoms with Crippen molar-refractivity contribution in [3.63, 3.8) is 0 Å². The van der Waals surface area contributed by atoms with E-state index < -0.39 is 35.5 Å². The van der Waals surface area contributed by atoms with Gasteiger partial charge in [0.15, 0.2) is 11.5 Å². The number of hydrogen-bond acceptors (Lipinski definition) is 6.